The molecule has 1 N–H and O–H groups in total. The Morgan fingerprint density at radius 2 is 1.47 bits per heavy atom. The van der Waals surface area contributed by atoms with Crippen molar-refractivity contribution < 1.29 is 5.11 Å². The van der Waals surface area contributed by atoms with Crippen molar-refractivity contribution in [3.8, 4) is 0 Å². The van der Waals surface area contributed by atoms with Crippen LogP contribution in [0.5, 0.6) is 0 Å². The third kappa shape index (κ3) is 2.53. The first-order valence-corrected chi connectivity index (χ1v) is 7.65. The van der Waals surface area contributed by atoms with Crippen LogP contribution in [-0.4, -0.2) is 35.2 Å². The van der Waals surface area contributed by atoms with Gasteiger partial charge >= 0.3 is 0 Å². The van der Waals surface area contributed by atoms with E-state index >= 15 is 0 Å². The highest BCUT2D eigenvalue weighted by Gasteiger charge is 2.41. The number of rotatable bonds is 2. The first-order chi connectivity index (χ1) is 8.20. The molecule has 2 heteroatoms. The van der Waals surface area contributed by atoms with Crippen molar-refractivity contribution in [2.75, 3.05) is 19.6 Å². The standard InChI is InChI=1S/C15H27NO/c17-15(8-4-5-9-15)13-16-11-10-14(12-16)6-2-1-3-7-14/h17H,1-13H2. The first-order valence-electron chi connectivity index (χ1n) is 7.65. The van der Waals surface area contributed by atoms with Crippen LogP contribution in [0.1, 0.15) is 64.2 Å². The van der Waals surface area contributed by atoms with Gasteiger partial charge in [0.1, 0.15) is 0 Å². The summed E-state index contributed by atoms with van der Waals surface area (Å²) in [6.45, 7) is 3.46. The lowest BCUT2D eigenvalue weighted by Gasteiger charge is -2.35. The van der Waals surface area contributed by atoms with E-state index in [9.17, 15) is 5.11 Å². The quantitative estimate of drug-likeness (QED) is 0.798. The molecule has 2 saturated carbocycles. The van der Waals surface area contributed by atoms with Crippen molar-refractivity contribution in [1.82, 2.24) is 4.90 Å². The fraction of sp³-hybridized carbons (Fsp3) is 1.00. The molecule has 98 valence electrons. The van der Waals surface area contributed by atoms with E-state index < -0.39 is 0 Å². The highest BCUT2D eigenvalue weighted by molar-refractivity contribution is 4.95. The maximum Gasteiger partial charge on any atom is 0.0774 e. The Balaban J connectivity index is 1.56. The Labute approximate surface area is 105 Å². The normalized spacial score (nSPS) is 32.3. The van der Waals surface area contributed by atoms with Crippen molar-refractivity contribution in [1.29, 1.82) is 0 Å². The molecule has 0 amide bonds. The second kappa shape index (κ2) is 4.55. The molecule has 1 saturated heterocycles. The molecule has 0 bridgehead atoms. The van der Waals surface area contributed by atoms with Gasteiger partial charge in [-0.15, -0.1) is 0 Å². The van der Waals surface area contributed by atoms with E-state index in [-0.39, 0.29) is 5.60 Å². The lowest BCUT2D eigenvalue weighted by molar-refractivity contribution is 0.0116. The van der Waals surface area contributed by atoms with Gasteiger partial charge in [0.05, 0.1) is 5.60 Å². The summed E-state index contributed by atoms with van der Waals surface area (Å²) in [4.78, 5) is 2.57. The highest BCUT2D eigenvalue weighted by atomic mass is 16.3. The molecule has 17 heavy (non-hydrogen) atoms. The van der Waals surface area contributed by atoms with Crippen LogP contribution in [0.25, 0.3) is 0 Å². The summed E-state index contributed by atoms with van der Waals surface area (Å²) >= 11 is 0. The first kappa shape index (κ1) is 12.0. The predicted octanol–water partition coefficient (Wildman–Crippen LogP) is 2.95. The molecule has 1 heterocycles. The van der Waals surface area contributed by atoms with E-state index in [2.05, 4.69) is 4.90 Å². The molecule has 1 spiro atoms. The van der Waals surface area contributed by atoms with Crippen LogP contribution in [0, 0.1) is 5.41 Å². The van der Waals surface area contributed by atoms with E-state index in [4.69, 9.17) is 0 Å². The lowest BCUT2D eigenvalue weighted by atomic mass is 9.73. The third-order valence-corrected chi connectivity index (χ3v) is 5.48. The Bertz CT molecular complexity index is 264. The summed E-state index contributed by atoms with van der Waals surface area (Å²) in [5.74, 6) is 0. The second-order valence-electron chi connectivity index (χ2n) is 6.95. The SMILES string of the molecule is OC1(CN2CCC3(CCCCC3)C2)CCCC1. The summed E-state index contributed by atoms with van der Waals surface area (Å²) < 4.78 is 0. The largest absolute Gasteiger partial charge is 0.389 e. The lowest BCUT2D eigenvalue weighted by Crippen LogP contribution is -2.41. The van der Waals surface area contributed by atoms with E-state index in [1.807, 2.05) is 0 Å². The maximum atomic E-state index is 10.5. The fourth-order valence-electron chi connectivity index (χ4n) is 4.48. The summed E-state index contributed by atoms with van der Waals surface area (Å²) in [7, 11) is 0. The van der Waals surface area contributed by atoms with Crippen molar-refractivity contribution >= 4 is 0 Å². The van der Waals surface area contributed by atoms with Gasteiger partial charge in [-0.25, -0.2) is 0 Å². The summed E-state index contributed by atoms with van der Waals surface area (Å²) in [6.07, 6.45) is 13.2. The van der Waals surface area contributed by atoms with Crippen LogP contribution >= 0.6 is 0 Å². The van der Waals surface area contributed by atoms with Gasteiger partial charge in [0.15, 0.2) is 0 Å². The van der Waals surface area contributed by atoms with E-state index in [0.717, 1.165) is 19.4 Å². The van der Waals surface area contributed by atoms with Gasteiger partial charge in [-0.1, -0.05) is 32.1 Å². The number of hydrogen-bond donors (Lipinski definition) is 1. The third-order valence-electron chi connectivity index (χ3n) is 5.48. The molecule has 3 fully saturated rings. The molecule has 1 aliphatic heterocycles. The van der Waals surface area contributed by atoms with Crippen LogP contribution in [-0.2, 0) is 0 Å². The van der Waals surface area contributed by atoms with Crippen LogP contribution in [0.4, 0.5) is 0 Å². The molecule has 2 aliphatic carbocycles. The summed E-state index contributed by atoms with van der Waals surface area (Å²) in [5.41, 5.74) is 0.313. The topological polar surface area (TPSA) is 23.5 Å². The zero-order chi connectivity index (χ0) is 11.8. The minimum absolute atomic E-state index is 0.333. The average molecular weight is 237 g/mol. The molecule has 3 rings (SSSR count). The zero-order valence-corrected chi connectivity index (χ0v) is 11.1. The Morgan fingerprint density at radius 1 is 0.824 bits per heavy atom. The number of β-amino-alcohol motifs (C(OH)–C–C–N with tert-alkyl or cyclic N) is 1. The van der Waals surface area contributed by atoms with Gasteiger partial charge in [-0.05, 0) is 44.1 Å². The van der Waals surface area contributed by atoms with Crippen molar-refractivity contribution in [3.63, 3.8) is 0 Å². The maximum absolute atomic E-state index is 10.5. The summed E-state index contributed by atoms with van der Waals surface area (Å²) in [6, 6.07) is 0. The van der Waals surface area contributed by atoms with Crippen molar-refractivity contribution in [2.24, 2.45) is 5.41 Å². The predicted molar refractivity (Wildman–Crippen MR) is 70.0 cm³/mol. The Morgan fingerprint density at radius 3 is 2.18 bits per heavy atom. The molecule has 2 nitrogen and oxygen atoms in total. The fourth-order valence-corrected chi connectivity index (χ4v) is 4.48. The molecule has 0 aromatic carbocycles. The molecular weight excluding hydrogens is 210 g/mol. The van der Waals surface area contributed by atoms with Gasteiger partial charge in [0, 0.05) is 13.1 Å². The number of nitrogens with zero attached hydrogens (tertiary/aromatic N) is 1. The minimum atomic E-state index is -0.333. The van der Waals surface area contributed by atoms with E-state index in [0.29, 0.717) is 5.41 Å². The molecule has 3 aliphatic rings. The smallest absolute Gasteiger partial charge is 0.0774 e. The molecule has 0 atom stereocenters. The molecule has 0 aromatic heterocycles. The van der Waals surface area contributed by atoms with Crippen molar-refractivity contribution in [3.05, 3.63) is 0 Å². The molecule has 0 unspecified atom stereocenters. The van der Waals surface area contributed by atoms with E-state index in [1.54, 1.807) is 0 Å². The molecular formula is C15H27NO. The zero-order valence-electron chi connectivity index (χ0n) is 11.1. The van der Waals surface area contributed by atoms with Gasteiger partial charge in [0.25, 0.3) is 0 Å². The second-order valence-corrected chi connectivity index (χ2v) is 6.95. The number of hydrogen-bond acceptors (Lipinski definition) is 2. The average Bonchev–Trinajstić information content (AvgIpc) is 2.89. The Hall–Kier alpha value is -0.0800. The molecule has 0 radical (unpaired) electrons. The Kier molecular flexibility index (Phi) is 3.20. The van der Waals surface area contributed by atoms with Crippen molar-refractivity contribution in [2.45, 2.75) is 69.8 Å². The van der Waals surface area contributed by atoms with Gasteiger partial charge in [0.2, 0.25) is 0 Å². The number of likely N-dealkylation sites (tertiary alicyclic amines) is 1. The van der Waals surface area contributed by atoms with Gasteiger partial charge < -0.3 is 5.11 Å². The van der Waals surface area contributed by atoms with Crippen LogP contribution < -0.4 is 0 Å². The minimum Gasteiger partial charge on any atom is -0.389 e. The van der Waals surface area contributed by atoms with E-state index in [1.165, 1.54) is 64.5 Å². The summed E-state index contributed by atoms with van der Waals surface area (Å²) in [5, 5.41) is 10.5. The monoisotopic (exact) mass is 237 g/mol. The van der Waals surface area contributed by atoms with Crippen LogP contribution in [0.2, 0.25) is 0 Å². The number of aliphatic hydroxyl groups is 1. The highest BCUT2D eigenvalue weighted by Crippen LogP contribution is 2.44. The molecule has 0 aromatic rings. The van der Waals surface area contributed by atoms with Crippen LogP contribution in [0.15, 0.2) is 0 Å². The van der Waals surface area contributed by atoms with Gasteiger partial charge in [-0.3, -0.25) is 4.90 Å². The van der Waals surface area contributed by atoms with Crippen LogP contribution in [0.3, 0.4) is 0 Å². The van der Waals surface area contributed by atoms with Gasteiger partial charge in [-0.2, -0.15) is 0 Å².